The maximum Gasteiger partial charge on any atom is 0.240 e. The molecule has 4 aromatic rings. The quantitative estimate of drug-likeness (QED) is 0.234. The number of aromatic nitrogens is 1. The number of rotatable bonds is 5. The van der Waals surface area contributed by atoms with Crippen molar-refractivity contribution < 1.29 is 8.42 Å². The summed E-state index contributed by atoms with van der Waals surface area (Å²) in [7, 11) is -3.64. The van der Waals surface area contributed by atoms with Gasteiger partial charge in [-0.05, 0) is 54.4 Å². The maximum atomic E-state index is 12.6. The molecule has 8 nitrogen and oxygen atoms in total. The van der Waals surface area contributed by atoms with E-state index in [0.29, 0.717) is 22.6 Å². The number of anilines is 3. The minimum absolute atomic E-state index is 0.111. The van der Waals surface area contributed by atoms with Gasteiger partial charge in [-0.1, -0.05) is 48.5 Å². The fraction of sp³-hybridized carbons (Fsp3) is 0.0741. The molecule has 5 rings (SSSR count). The summed E-state index contributed by atoms with van der Waals surface area (Å²) in [5, 5.41) is 21.1. The third kappa shape index (κ3) is 4.49. The first-order valence-corrected chi connectivity index (χ1v) is 12.8. The van der Waals surface area contributed by atoms with Crippen LogP contribution in [0.4, 0.5) is 17.2 Å². The number of fused-ring (bicyclic) bond motifs is 2. The van der Waals surface area contributed by atoms with E-state index in [1.807, 2.05) is 43.3 Å². The van der Waals surface area contributed by atoms with Crippen LogP contribution in [-0.4, -0.2) is 25.1 Å². The van der Waals surface area contributed by atoms with Crippen LogP contribution in [0.3, 0.4) is 0 Å². The summed E-state index contributed by atoms with van der Waals surface area (Å²) in [4.78, 5) is 6.20. The van der Waals surface area contributed by atoms with Crippen molar-refractivity contribution in [3.8, 4) is 0 Å². The molecule has 0 spiro atoms. The van der Waals surface area contributed by atoms with Crippen molar-refractivity contribution >= 4 is 38.9 Å². The molecule has 1 aromatic heterocycles. The summed E-state index contributed by atoms with van der Waals surface area (Å²) in [6.07, 6.45) is 1.66. The van der Waals surface area contributed by atoms with Gasteiger partial charge in [-0.3, -0.25) is 15.7 Å². The Labute approximate surface area is 209 Å². The number of hydrogen-bond donors (Lipinski definition) is 4. The Hall–Kier alpha value is -4.34. The molecule has 0 atom stereocenters. The molecule has 0 amide bonds. The van der Waals surface area contributed by atoms with E-state index in [4.69, 9.17) is 10.8 Å². The van der Waals surface area contributed by atoms with E-state index >= 15 is 0 Å². The van der Waals surface area contributed by atoms with Crippen molar-refractivity contribution in [1.29, 1.82) is 10.8 Å². The number of hydrogen-bond acceptors (Lipinski definition) is 6. The molecular weight excluding hydrogens is 472 g/mol. The van der Waals surface area contributed by atoms with Crippen molar-refractivity contribution in [3.05, 3.63) is 113 Å². The zero-order valence-electron chi connectivity index (χ0n) is 19.5. The average molecular weight is 497 g/mol. The van der Waals surface area contributed by atoms with Crippen molar-refractivity contribution in [3.63, 3.8) is 0 Å². The van der Waals surface area contributed by atoms with Crippen LogP contribution in [-0.2, 0) is 16.6 Å². The second kappa shape index (κ2) is 9.37. The molecule has 36 heavy (non-hydrogen) atoms. The van der Waals surface area contributed by atoms with Gasteiger partial charge in [0, 0.05) is 23.9 Å². The molecule has 1 aliphatic heterocycles. The third-order valence-electron chi connectivity index (χ3n) is 5.90. The summed E-state index contributed by atoms with van der Waals surface area (Å²) in [6.45, 7) is 1.97. The summed E-state index contributed by atoms with van der Waals surface area (Å²) in [6, 6.07) is 24.9. The van der Waals surface area contributed by atoms with Crippen molar-refractivity contribution in [2.24, 2.45) is 0 Å². The van der Waals surface area contributed by atoms with Crippen LogP contribution in [0.25, 0.3) is 0 Å². The van der Waals surface area contributed by atoms with Gasteiger partial charge in [-0.15, -0.1) is 0 Å². The molecular formula is C27H24N6O2S. The molecule has 4 N–H and O–H groups in total. The van der Waals surface area contributed by atoms with Gasteiger partial charge < -0.3 is 5.32 Å². The monoisotopic (exact) mass is 496 g/mol. The smallest absolute Gasteiger partial charge is 0.240 e. The van der Waals surface area contributed by atoms with Crippen LogP contribution in [0.1, 0.15) is 22.3 Å². The highest BCUT2D eigenvalue weighted by Gasteiger charge is 2.28. The Balaban J connectivity index is 1.39. The Bertz CT molecular complexity index is 1580. The van der Waals surface area contributed by atoms with E-state index in [0.717, 1.165) is 16.8 Å². The van der Waals surface area contributed by atoms with Gasteiger partial charge in [0.2, 0.25) is 10.0 Å². The van der Waals surface area contributed by atoms with Gasteiger partial charge in [-0.25, -0.2) is 18.1 Å². The summed E-state index contributed by atoms with van der Waals surface area (Å²) < 4.78 is 27.9. The first-order valence-electron chi connectivity index (χ1n) is 11.3. The van der Waals surface area contributed by atoms with Crippen LogP contribution in [0.2, 0.25) is 0 Å². The molecule has 0 fully saturated rings. The molecule has 2 heterocycles. The number of pyridine rings is 1. The van der Waals surface area contributed by atoms with Gasteiger partial charge in [0.15, 0.2) is 5.82 Å². The third-order valence-corrected chi connectivity index (χ3v) is 7.30. The van der Waals surface area contributed by atoms with Gasteiger partial charge in [-0.2, -0.15) is 0 Å². The molecule has 3 aromatic carbocycles. The number of benzene rings is 3. The predicted octanol–water partition coefficient (Wildman–Crippen LogP) is 4.78. The maximum absolute atomic E-state index is 12.6. The molecule has 0 radical (unpaired) electrons. The zero-order chi connectivity index (χ0) is 25.3. The molecule has 0 saturated heterocycles. The fourth-order valence-corrected chi connectivity index (χ4v) is 5.15. The van der Waals surface area contributed by atoms with Gasteiger partial charge in [0.05, 0.1) is 16.3 Å². The Morgan fingerprint density at radius 3 is 2.56 bits per heavy atom. The summed E-state index contributed by atoms with van der Waals surface area (Å²) >= 11 is 0. The highest BCUT2D eigenvalue weighted by Crippen LogP contribution is 2.34. The Kier molecular flexibility index (Phi) is 6.09. The lowest BCUT2D eigenvalue weighted by atomic mass is 10.1. The van der Waals surface area contributed by atoms with Crippen molar-refractivity contribution in [1.82, 2.24) is 9.71 Å². The minimum Gasteiger partial charge on any atom is -0.338 e. The fourth-order valence-electron chi connectivity index (χ4n) is 4.03. The number of amidine groups is 2. The van der Waals surface area contributed by atoms with Crippen molar-refractivity contribution in [2.45, 2.75) is 18.4 Å². The van der Waals surface area contributed by atoms with E-state index in [1.165, 1.54) is 0 Å². The molecule has 180 valence electrons. The van der Waals surface area contributed by atoms with E-state index in [1.54, 1.807) is 59.6 Å². The van der Waals surface area contributed by atoms with E-state index < -0.39 is 10.0 Å². The van der Waals surface area contributed by atoms with E-state index in [-0.39, 0.29) is 23.1 Å². The summed E-state index contributed by atoms with van der Waals surface area (Å²) in [5.74, 6) is 0.823. The number of nitrogens with zero attached hydrogens (tertiary/aromatic N) is 2. The van der Waals surface area contributed by atoms with Crippen LogP contribution in [0.5, 0.6) is 0 Å². The highest BCUT2D eigenvalue weighted by molar-refractivity contribution is 7.89. The summed E-state index contributed by atoms with van der Waals surface area (Å²) in [5.41, 5.74) is 4.20. The largest absolute Gasteiger partial charge is 0.338 e. The lowest BCUT2D eigenvalue weighted by molar-refractivity contribution is 0.581. The van der Waals surface area contributed by atoms with Crippen LogP contribution < -0.4 is 14.9 Å². The van der Waals surface area contributed by atoms with Crippen molar-refractivity contribution in [2.75, 3.05) is 10.2 Å². The molecule has 0 saturated carbocycles. The van der Waals surface area contributed by atoms with Gasteiger partial charge in [0.25, 0.3) is 0 Å². The molecule has 9 heteroatoms. The second-order valence-corrected chi connectivity index (χ2v) is 10.2. The Morgan fingerprint density at radius 2 is 1.78 bits per heavy atom. The standard InChI is InChI=1S/C27H24N6O2S/c1-18-6-4-7-21(16-18)36(34,35)31-17-19-11-13-20(14-12-19)25(28)33-24-10-5-15-30-27(24)32-23-9-3-2-8-22(23)26(33)29/h2-16,28-29,31H,17H2,1H3,(H,30,32). The topological polar surface area (TPSA) is 122 Å². The number of sulfonamides is 1. The number of para-hydroxylation sites is 1. The molecule has 1 aliphatic rings. The van der Waals surface area contributed by atoms with Gasteiger partial charge >= 0.3 is 0 Å². The number of aryl methyl sites for hydroxylation is 1. The highest BCUT2D eigenvalue weighted by atomic mass is 32.2. The second-order valence-electron chi connectivity index (χ2n) is 8.41. The molecule has 0 bridgehead atoms. The lowest BCUT2D eigenvalue weighted by Crippen LogP contribution is -2.36. The van der Waals surface area contributed by atoms with E-state index in [9.17, 15) is 8.42 Å². The normalized spacial score (nSPS) is 12.8. The predicted molar refractivity (Wildman–Crippen MR) is 142 cm³/mol. The van der Waals surface area contributed by atoms with Crippen LogP contribution in [0.15, 0.2) is 96.0 Å². The Morgan fingerprint density at radius 1 is 1.00 bits per heavy atom. The first kappa shape index (κ1) is 23.4. The van der Waals surface area contributed by atoms with Crippen LogP contribution in [0, 0.1) is 17.7 Å². The SMILES string of the molecule is Cc1cccc(S(=O)(=O)NCc2ccc(C(=N)N3C(=N)c4ccccc4Nc4ncccc43)cc2)c1. The molecule has 0 aliphatic carbocycles. The van der Waals surface area contributed by atoms with E-state index in [2.05, 4.69) is 15.0 Å². The minimum atomic E-state index is -3.64. The van der Waals surface area contributed by atoms with Crippen LogP contribution >= 0.6 is 0 Å². The zero-order valence-corrected chi connectivity index (χ0v) is 20.3. The van der Waals surface area contributed by atoms with Gasteiger partial charge in [0.1, 0.15) is 11.7 Å². The molecule has 0 unspecified atom stereocenters. The average Bonchev–Trinajstić information content (AvgIpc) is 3.01. The first-order chi connectivity index (χ1) is 17.3. The lowest BCUT2D eigenvalue weighted by Gasteiger charge is -2.25. The number of nitrogens with one attached hydrogen (secondary N) is 4.